The number of thiazole rings is 1. The van der Waals surface area contributed by atoms with Crippen molar-refractivity contribution in [3.8, 4) is 0 Å². The molecule has 4 rings (SSSR count). The van der Waals surface area contributed by atoms with E-state index in [2.05, 4.69) is 31.7 Å². The number of piperidine rings is 1. The molecule has 0 saturated carbocycles. The first-order valence-corrected chi connectivity index (χ1v) is 9.34. The number of hydrogen-bond acceptors (Lipinski definition) is 6. The van der Waals surface area contributed by atoms with Gasteiger partial charge in [0.1, 0.15) is 10.7 Å². The zero-order valence-electron chi connectivity index (χ0n) is 14.1. The topological polar surface area (TPSA) is 67.2 Å². The first-order valence-electron chi connectivity index (χ1n) is 8.46. The van der Waals surface area contributed by atoms with Gasteiger partial charge < -0.3 is 9.47 Å². The summed E-state index contributed by atoms with van der Waals surface area (Å²) in [5, 5.41) is 8.85. The number of carbonyl (C=O) groups is 1. The summed E-state index contributed by atoms with van der Waals surface area (Å²) in [5.41, 5.74) is 2.57. The quantitative estimate of drug-likeness (QED) is 0.830. The van der Waals surface area contributed by atoms with Crippen molar-refractivity contribution in [2.24, 2.45) is 0 Å². The van der Waals surface area contributed by atoms with E-state index in [9.17, 15) is 4.79 Å². The number of fused-ring (bicyclic) bond motifs is 1. The summed E-state index contributed by atoms with van der Waals surface area (Å²) in [4.78, 5) is 22.3. The molecule has 8 heteroatoms. The number of aryl methyl sites for hydroxylation is 1. The van der Waals surface area contributed by atoms with E-state index in [1.165, 1.54) is 11.3 Å². The number of aromatic nitrogens is 4. The van der Waals surface area contributed by atoms with E-state index in [1.807, 2.05) is 11.8 Å². The average molecular weight is 346 g/mol. The van der Waals surface area contributed by atoms with Gasteiger partial charge in [0.05, 0.1) is 23.8 Å². The van der Waals surface area contributed by atoms with Crippen molar-refractivity contribution in [1.29, 1.82) is 0 Å². The molecule has 1 amide bonds. The summed E-state index contributed by atoms with van der Waals surface area (Å²) >= 11 is 1.43. The average Bonchev–Trinajstić information content (AvgIpc) is 3.20. The molecule has 2 aromatic heterocycles. The van der Waals surface area contributed by atoms with Gasteiger partial charge >= 0.3 is 0 Å². The molecule has 0 N–H and O–H groups in total. The van der Waals surface area contributed by atoms with Gasteiger partial charge in [-0.25, -0.2) is 4.98 Å². The molecule has 2 aliphatic rings. The summed E-state index contributed by atoms with van der Waals surface area (Å²) in [6, 6.07) is 0.0254. The molecule has 0 unspecified atom stereocenters. The Morgan fingerprint density at radius 2 is 2.12 bits per heavy atom. The third kappa shape index (κ3) is 2.63. The fourth-order valence-corrected chi connectivity index (χ4v) is 4.39. The minimum atomic E-state index is 0.0254. The molecule has 4 heterocycles. The predicted octanol–water partition coefficient (Wildman–Crippen LogP) is 1.86. The van der Waals surface area contributed by atoms with Gasteiger partial charge in [0.2, 0.25) is 0 Å². The van der Waals surface area contributed by atoms with E-state index in [0.29, 0.717) is 0 Å². The smallest absolute Gasteiger partial charge is 0.266 e. The first-order chi connectivity index (χ1) is 11.6. The van der Waals surface area contributed by atoms with Gasteiger partial charge in [-0.2, -0.15) is 0 Å². The van der Waals surface area contributed by atoms with E-state index in [0.717, 1.165) is 67.7 Å². The van der Waals surface area contributed by atoms with Crippen molar-refractivity contribution in [1.82, 2.24) is 29.5 Å². The minimum absolute atomic E-state index is 0.0254. The van der Waals surface area contributed by atoms with Crippen LogP contribution in [0.25, 0.3) is 0 Å². The van der Waals surface area contributed by atoms with Crippen LogP contribution in [0.2, 0.25) is 0 Å². The van der Waals surface area contributed by atoms with Crippen LogP contribution in [0.15, 0.2) is 5.51 Å². The summed E-state index contributed by atoms with van der Waals surface area (Å²) in [7, 11) is 2.10. The maximum atomic E-state index is 13.0. The lowest BCUT2D eigenvalue weighted by molar-refractivity contribution is 0.0596. The van der Waals surface area contributed by atoms with Crippen molar-refractivity contribution in [3.05, 3.63) is 27.7 Å². The van der Waals surface area contributed by atoms with Crippen molar-refractivity contribution < 1.29 is 4.79 Å². The number of hydrogen-bond donors (Lipinski definition) is 0. The standard InChI is InChI=1S/C16H22N6OS/c1-11-14(24-10-17-11)16(23)21-6-4-3-5-12(21)15-19-18-13-9-20(2)7-8-22(13)15/h10,12H,3-9H2,1-2H3/t12-/m1/s1. The second-order valence-electron chi connectivity index (χ2n) is 6.64. The molecular formula is C16H22N6OS. The minimum Gasteiger partial charge on any atom is -0.328 e. The molecule has 1 saturated heterocycles. The largest absolute Gasteiger partial charge is 0.328 e. The van der Waals surface area contributed by atoms with Crippen molar-refractivity contribution in [2.75, 3.05) is 20.1 Å². The van der Waals surface area contributed by atoms with Crippen LogP contribution in [0, 0.1) is 6.92 Å². The highest BCUT2D eigenvalue weighted by molar-refractivity contribution is 7.11. The molecule has 24 heavy (non-hydrogen) atoms. The third-order valence-electron chi connectivity index (χ3n) is 4.97. The first kappa shape index (κ1) is 15.7. The highest BCUT2D eigenvalue weighted by atomic mass is 32.1. The number of likely N-dealkylation sites (tertiary alicyclic amines) is 1. The molecule has 1 atom stereocenters. The maximum absolute atomic E-state index is 13.0. The van der Waals surface area contributed by atoms with Gasteiger partial charge in [0, 0.05) is 19.6 Å². The third-order valence-corrected chi connectivity index (χ3v) is 5.89. The van der Waals surface area contributed by atoms with Gasteiger partial charge in [0.15, 0.2) is 5.82 Å². The highest BCUT2D eigenvalue weighted by Gasteiger charge is 2.34. The molecule has 0 radical (unpaired) electrons. The van der Waals surface area contributed by atoms with Gasteiger partial charge in [-0.15, -0.1) is 21.5 Å². The second kappa shape index (κ2) is 6.25. The van der Waals surface area contributed by atoms with Gasteiger partial charge in [0.25, 0.3) is 5.91 Å². The van der Waals surface area contributed by atoms with Crippen LogP contribution in [0.1, 0.15) is 52.3 Å². The lowest BCUT2D eigenvalue weighted by Gasteiger charge is -2.35. The van der Waals surface area contributed by atoms with Gasteiger partial charge in [-0.3, -0.25) is 9.69 Å². The maximum Gasteiger partial charge on any atom is 0.266 e. The van der Waals surface area contributed by atoms with Crippen LogP contribution < -0.4 is 0 Å². The molecule has 0 aromatic carbocycles. The van der Waals surface area contributed by atoms with Crippen LogP contribution in [0.5, 0.6) is 0 Å². The van der Waals surface area contributed by atoms with Crippen LogP contribution in [-0.4, -0.2) is 55.6 Å². The second-order valence-corrected chi connectivity index (χ2v) is 7.50. The molecule has 128 valence electrons. The van der Waals surface area contributed by atoms with Crippen LogP contribution in [0.3, 0.4) is 0 Å². The molecule has 2 aromatic rings. The summed E-state index contributed by atoms with van der Waals surface area (Å²) in [6.07, 6.45) is 3.12. The molecular weight excluding hydrogens is 324 g/mol. The molecule has 2 aliphatic heterocycles. The van der Waals surface area contributed by atoms with E-state index in [1.54, 1.807) is 5.51 Å². The normalized spacial score (nSPS) is 21.8. The molecule has 0 aliphatic carbocycles. The predicted molar refractivity (Wildman–Crippen MR) is 90.8 cm³/mol. The Kier molecular flexibility index (Phi) is 4.09. The van der Waals surface area contributed by atoms with Crippen LogP contribution in [-0.2, 0) is 13.1 Å². The fourth-order valence-electron chi connectivity index (χ4n) is 3.63. The van der Waals surface area contributed by atoms with Crippen molar-refractivity contribution >= 4 is 17.2 Å². The van der Waals surface area contributed by atoms with Crippen molar-refractivity contribution in [3.63, 3.8) is 0 Å². The Balaban J connectivity index is 1.66. The number of likely N-dealkylation sites (N-methyl/N-ethyl adjacent to an activating group) is 1. The monoisotopic (exact) mass is 346 g/mol. The van der Waals surface area contributed by atoms with Crippen LogP contribution in [0.4, 0.5) is 0 Å². The number of carbonyl (C=O) groups excluding carboxylic acids is 1. The van der Waals surface area contributed by atoms with E-state index < -0.39 is 0 Å². The van der Waals surface area contributed by atoms with Gasteiger partial charge in [-0.05, 0) is 33.2 Å². The molecule has 0 spiro atoms. The van der Waals surface area contributed by atoms with Crippen molar-refractivity contribution in [2.45, 2.75) is 45.3 Å². The molecule has 0 bridgehead atoms. The van der Waals surface area contributed by atoms with E-state index in [4.69, 9.17) is 0 Å². The van der Waals surface area contributed by atoms with Crippen LogP contribution >= 0.6 is 11.3 Å². The molecule has 7 nitrogen and oxygen atoms in total. The number of nitrogens with zero attached hydrogens (tertiary/aromatic N) is 6. The number of rotatable bonds is 2. The highest BCUT2D eigenvalue weighted by Crippen LogP contribution is 2.33. The zero-order chi connectivity index (χ0) is 16.7. The summed E-state index contributed by atoms with van der Waals surface area (Å²) < 4.78 is 2.22. The Morgan fingerprint density at radius 3 is 2.92 bits per heavy atom. The number of amides is 1. The molecule has 1 fully saturated rings. The zero-order valence-corrected chi connectivity index (χ0v) is 14.9. The van der Waals surface area contributed by atoms with Gasteiger partial charge in [-0.1, -0.05) is 0 Å². The lowest BCUT2D eigenvalue weighted by Crippen LogP contribution is -2.40. The summed E-state index contributed by atoms with van der Waals surface area (Å²) in [5.74, 6) is 2.05. The Bertz CT molecular complexity index is 754. The fraction of sp³-hybridized carbons (Fsp3) is 0.625. The Morgan fingerprint density at radius 1 is 1.25 bits per heavy atom. The SMILES string of the molecule is Cc1ncsc1C(=O)N1CCCC[C@@H]1c1nnc2n1CCN(C)C2. The lowest BCUT2D eigenvalue weighted by atomic mass is 10.0. The summed E-state index contributed by atoms with van der Waals surface area (Å²) in [6.45, 7) is 5.39. The Hall–Kier alpha value is -1.80. The van der Waals surface area contributed by atoms with E-state index >= 15 is 0 Å². The van der Waals surface area contributed by atoms with E-state index in [-0.39, 0.29) is 11.9 Å². The Labute approximate surface area is 145 Å².